The van der Waals surface area contributed by atoms with Crippen LogP contribution < -0.4 is 4.74 Å². The molecule has 0 spiro atoms. The summed E-state index contributed by atoms with van der Waals surface area (Å²) < 4.78 is 17.0. The van der Waals surface area contributed by atoms with Gasteiger partial charge in [-0.25, -0.2) is 0 Å². The molecule has 0 aliphatic heterocycles. The Bertz CT molecular complexity index is 1010. The topological polar surface area (TPSA) is 78.9 Å². The second-order valence-corrected chi connectivity index (χ2v) is 9.66. The number of carbonyl (C=O) groups is 3. The zero-order valence-corrected chi connectivity index (χ0v) is 19.1. The molecule has 0 bridgehead atoms. The zero-order chi connectivity index (χ0) is 23.3. The van der Waals surface area contributed by atoms with Gasteiger partial charge in [0.2, 0.25) is 0 Å². The fraction of sp³-hybridized carbons (Fsp3) is 0.577. The lowest BCUT2D eigenvalue weighted by molar-refractivity contribution is -0.179. The second-order valence-electron chi connectivity index (χ2n) is 9.66. The zero-order valence-electron chi connectivity index (χ0n) is 19.1. The monoisotopic (exact) mass is 438 g/mol. The molecule has 0 amide bonds. The molecule has 3 aliphatic carbocycles. The van der Waals surface area contributed by atoms with Crippen molar-refractivity contribution in [3.8, 4) is 18.1 Å². The lowest BCUT2D eigenvalue weighted by atomic mass is 9.52. The number of rotatable bonds is 3. The molecular weight excluding hydrogens is 408 g/mol. The third-order valence-corrected chi connectivity index (χ3v) is 7.90. The first-order chi connectivity index (χ1) is 15.1. The van der Waals surface area contributed by atoms with E-state index in [2.05, 4.69) is 12.8 Å². The number of fused-ring (bicyclic) bond motifs is 5. The molecule has 0 radical (unpaired) electrons. The number of esters is 3. The van der Waals surface area contributed by atoms with Crippen LogP contribution in [0.15, 0.2) is 18.2 Å². The quantitative estimate of drug-likeness (QED) is 0.404. The number of ether oxygens (including phenoxy) is 3. The van der Waals surface area contributed by atoms with Gasteiger partial charge in [0.15, 0.2) is 5.60 Å². The van der Waals surface area contributed by atoms with Crippen LogP contribution in [0.5, 0.6) is 5.75 Å². The Morgan fingerprint density at radius 2 is 1.84 bits per heavy atom. The summed E-state index contributed by atoms with van der Waals surface area (Å²) >= 11 is 0. The van der Waals surface area contributed by atoms with Crippen molar-refractivity contribution < 1.29 is 28.6 Å². The summed E-state index contributed by atoms with van der Waals surface area (Å²) in [5.74, 6) is 2.80. The standard InChI is InChI=1S/C26H30O6/c1-6-26(32-17(4)29)12-11-22-21-9-7-18-13-19(30-15(2)27)8-10-20(18)24(21)23(31-16(3)28)14-25(22,26)5/h1,8,10,13,21-24H,7,9,11-12,14H2,2-5H3. The van der Waals surface area contributed by atoms with Crippen molar-refractivity contribution in [2.45, 2.75) is 77.4 Å². The predicted molar refractivity (Wildman–Crippen MR) is 117 cm³/mol. The largest absolute Gasteiger partial charge is 0.462 e. The number of hydrogen-bond acceptors (Lipinski definition) is 6. The fourth-order valence-corrected chi connectivity index (χ4v) is 6.83. The van der Waals surface area contributed by atoms with E-state index in [1.165, 1.54) is 20.8 Å². The maximum atomic E-state index is 12.1. The molecule has 2 saturated carbocycles. The van der Waals surface area contributed by atoms with E-state index in [0.717, 1.165) is 30.4 Å². The van der Waals surface area contributed by atoms with Crippen LogP contribution in [-0.4, -0.2) is 29.6 Å². The van der Waals surface area contributed by atoms with Gasteiger partial charge in [0, 0.05) is 32.1 Å². The summed E-state index contributed by atoms with van der Waals surface area (Å²) in [6.07, 6.45) is 9.34. The molecule has 0 N–H and O–H groups in total. The van der Waals surface area contributed by atoms with Crippen molar-refractivity contribution >= 4 is 17.9 Å². The molecular formula is C26H30O6. The maximum absolute atomic E-state index is 12.1. The normalized spacial score (nSPS) is 34.8. The number of terminal acetylenes is 1. The van der Waals surface area contributed by atoms with Crippen molar-refractivity contribution in [3.63, 3.8) is 0 Å². The highest BCUT2D eigenvalue weighted by Crippen LogP contribution is 2.65. The lowest BCUT2D eigenvalue weighted by Gasteiger charge is -2.55. The highest BCUT2D eigenvalue weighted by atomic mass is 16.6. The maximum Gasteiger partial charge on any atom is 0.308 e. The molecule has 2 fully saturated rings. The van der Waals surface area contributed by atoms with Gasteiger partial charge >= 0.3 is 17.9 Å². The van der Waals surface area contributed by atoms with Gasteiger partial charge < -0.3 is 14.2 Å². The number of carbonyl (C=O) groups excluding carboxylic acids is 3. The summed E-state index contributed by atoms with van der Waals surface area (Å²) in [7, 11) is 0. The Kier molecular flexibility index (Phi) is 5.56. The summed E-state index contributed by atoms with van der Waals surface area (Å²) in [6, 6.07) is 5.73. The molecule has 170 valence electrons. The van der Waals surface area contributed by atoms with Crippen molar-refractivity contribution in [2.24, 2.45) is 17.3 Å². The molecule has 0 aromatic heterocycles. The molecule has 0 heterocycles. The van der Waals surface area contributed by atoms with Gasteiger partial charge in [0.1, 0.15) is 11.9 Å². The van der Waals surface area contributed by atoms with E-state index in [4.69, 9.17) is 20.6 Å². The first-order valence-corrected chi connectivity index (χ1v) is 11.3. The first-order valence-electron chi connectivity index (χ1n) is 11.3. The number of benzene rings is 1. The average molecular weight is 439 g/mol. The first kappa shape index (κ1) is 22.4. The highest BCUT2D eigenvalue weighted by Gasteiger charge is 2.66. The Balaban J connectivity index is 1.76. The van der Waals surface area contributed by atoms with E-state index in [0.29, 0.717) is 18.6 Å². The molecule has 32 heavy (non-hydrogen) atoms. The van der Waals surface area contributed by atoms with E-state index in [-0.39, 0.29) is 41.8 Å². The third-order valence-electron chi connectivity index (χ3n) is 7.90. The molecule has 3 aliphatic rings. The molecule has 4 rings (SSSR count). The Morgan fingerprint density at radius 1 is 1.09 bits per heavy atom. The third kappa shape index (κ3) is 3.48. The minimum atomic E-state index is -0.994. The van der Waals surface area contributed by atoms with Crippen LogP contribution in [0.25, 0.3) is 0 Å². The fourth-order valence-electron chi connectivity index (χ4n) is 6.83. The number of aryl methyl sites for hydroxylation is 1. The van der Waals surface area contributed by atoms with Gasteiger partial charge in [-0.1, -0.05) is 18.9 Å². The van der Waals surface area contributed by atoms with Gasteiger partial charge in [-0.3, -0.25) is 14.4 Å². The molecule has 6 atom stereocenters. The molecule has 1 aromatic carbocycles. The Labute approximate surface area is 189 Å². The van der Waals surface area contributed by atoms with Crippen LogP contribution in [0.3, 0.4) is 0 Å². The van der Waals surface area contributed by atoms with E-state index in [1.54, 1.807) is 6.07 Å². The summed E-state index contributed by atoms with van der Waals surface area (Å²) in [4.78, 5) is 35.4. The second kappa shape index (κ2) is 7.95. The smallest absolute Gasteiger partial charge is 0.308 e. The van der Waals surface area contributed by atoms with Crippen molar-refractivity contribution in [3.05, 3.63) is 29.3 Å². The van der Waals surface area contributed by atoms with E-state index < -0.39 is 11.0 Å². The van der Waals surface area contributed by atoms with Gasteiger partial charge in [-0.2, -0.15) is 0 Å². The molecule has 6 nitrogen and oxygen atoms in total. The van der Waals surface area contributed by atoms with Crippen LogP contribution in [0.1, 0.15) is 70.4 Å². The van der Waals surface area contributed by atoms with Crippen LogP contribution >= 0.6 is 0 Å². The van der Waals surface area contributed by atoms with Crippen LogP contribution in [0.2, 0.25) is 0 Å². The number of hydrogen-bond donors (Lipinski definition) is 0. The Morgan fingerprint density at radius 3 is 2.47 bits per heavy atom. The minimum Gasteiger partial charge on any atom is -0.462 e. The molecule has 6 heteroatoms. The van der Waals surface area contributed by atoms with Gasteiger partial charge in [0.05, 0.1) is 0 Å². The van der Waals surface area contributed by atoms with Gasteiger partial charge in [-0.05, 0) is 67.2 Å². The lowest BCUT2D eigenvalue weighted by Crippen LogP contribution is -2.56. The van der Waals surface area contributed by atoms with Crippen LogP contribution in [-0.2, 0) is 30.3 Å². The van der Waals surface area contributed by atoms with Crippen LogP contribution in [0, 0.1) is 29.6 Å². The molecule has 0 saturated heterocycles. The Hall–Kier alpha value is -2.81. The highest BCUT2D eigenvalue weighted by molar-refractivity contribution is 5.69. The van der Waals surface area contributed by atoms with Gasteiger partial charge in [-0.15, -0.1) is 6.42 Å². The van der Waals surface area contributed by atoms with E-state index in [9.17, 15) is 14.4 Å². The minimum absolute atomic E-state index is 0.0259. The predicted octanol–water partition coefficient (Wildman–Crippen LogP) is 3.94. The summed E-state index contributed by atoms with van der Waals surface area (Å²) in [5, 5.41) is 0. The molecule has 6 unspecified atom stereocenters. The molecule has 1 aromatic rings. The summed E-state index contributed by atoms with van der Waals surface area (Å²) in [5.41, 5.74) is 0.777. The summed E-state index contributed by atoms with van der Waals surface area (Å²) in [6.45, 7) is 6.29. The van der Waals surface area contributed by atoms with Crippen molar-refractivity contribution in [2.75, 3.05) is 0 Å². The van der Waals surface area contributed by atoms with E-state index >= 15 is 0 Å². The van der Waals surface area contributed by atoms with Crippen molar-refractivity contribution in [1.82, 2.24) is 0 Å². The average Bonchev–Trinajstić information content (AvgIpc) is 2.98. The van der Waals surface area contributed by atoms with Gasteiger partial charge in [0.25, 0.3) is 0 Å². The SMILES string of the molecule is C#CC1(OC(C)=O)CCC2C3CCc4cc(OC(C)=O)ccc4C3C(OC(C)=O)CC21C. The van der Waals surface area contributed by atoms with E-state index in [1.807, 2.05) is 12.1 Å². The van der Waals surface area contributed by atoms with Crippen molar-refractivity contribution in [1.29, 1.82) is 0 Å². The van der Waals surface area contributed by atoms with Crippen LogP contribution in [0.4, 0.5) is 0 Å².